The highest BCUT2D eigenvalue weighted by atomic mass is 16.5. The fourth-order valence-electron chi connectivity index (χ4n) is 5.79. The Kier molecular flexibility index (Phi) is 6.27. The Hall–Kier alpha value is -3.16. The number of amides is 2. The number of ether oxygens (including phenoxy) is 1. The van der Waals surface area contributed by atoms with Gasteiger partial charge < -0.3 is 20.3 Å². The summed E-state index contributed by atoms with van der Waals surface area (Å²) in [6.45, 7) is 7.11. The zero-order valence-corrected chi connectivity index (χ0v) is 20.6. The summed E-state index contributed by atoms with van der Waals surface area (Å²) in [6, 6.07) is 16.8. The minimum atomic E-state index is -0.447. The number of nitrogens with zero attached hydrogens (tertiary/aromatic N) is 2. The molecule has 3 atom stereocenters. The summed E-state index contributed by atoms with van der Waals surface area (Å²) in [5.74, 6) is 0.571. The lowest BCUT2D eigenvalue weighted by Gasteiger charge is -2.39. The van der Waals surface area contributed by atoms with Crippen LogP contribution in [0.25, 0.3) is 0 Å². The Balaban J connectivity index is 1.16. The second-order valence-corrected chi connectivity index (χ2v) is 10.5. The molecule has 36 heavy (non-hydrogen) atoms. The quantitative estimate of drug-likeness (QED) is 0.629. The molecule has 3 heterocycles. The summed E-state index contributed by atoms with van der Waals surface area (Å²) >= 11 is 0. The molecule has 0 radical (unpaired) electrons. The van der Waals surface area contributed by atoms with Gasteiger partial charge in [-0.15, -0.1) is 0 Å². The van der Waals surface area contributed by atoms with E-state index in [-0.39, 0.29) is 24.0 Å². The Morgan fingerprint density at radius 3 is 2.67 bits per heavy atom. The van der Waals surface area contributed by atoms with E-state index in [9.17, 15) is 9.59 Å². The van der Waals surface area contributed by atoms with Gasteiger partial charge in [0.05, 0.1) is 0 Å². The lowest BCUT2D eigenvalue weighted by atomic mass is 10.0. The average molecular weight is 487 g/mol. The van der Waals surface area contributed by atoms with Crippen LogP contribution in [-0.2, 0) is 17.9 Å². The van der Waals surface area contributed by atoms with Crippen LogP contribution in [0.2, 0.25) is 0 Å². The molecule has 2 N–H and O–H groups in total. The first kappa shape index (κ1) is 23.3. The number of hydrogen-bond donors (Lipinski definition) is 2. The molecule has 0 aromatic heterocycles. The van der Waals surface area contributed by atoms with Gasteiger partial charge in [-0.3, -0.25) is 14.5 Å². The van der Waals surface area contributed by atoms with Gasteiger partial charge in [0, 0.05) is 49.5 Å². The first-order valence-corrected chi connectivity index (χ1v) is 13.2. The maximum Gasteiger partial charge on any atom is 0.255 e. The van der Waals surface area contributed by atoms with Crippen molar-refractivity contribution in [3.05, 3.63) is 77.5 Å². The molecule has 3 fully saturated rings. The molecule has 2 aromatic carbocycles. The van der Waals surface area contributed by atoms with E-state index >= 15 is 0 Å². The minimum absolute atomic E-state index is 0.0319. The lowest BCUT2D eigenvalue weighted by molar-refractivity contribution is -0.126. The summed E-state index contributed by atoms with van der Waals surface area (Å²) in [4.78, 5) is 29.9. The highest BCUT2D eigenvalue weighted by Crippen LogP contribution is 2.33. The molecule has 2 amide bonds. The summed E-state index contributed by atoms with van der Waals surface area (Å²) in [7, 11) is 0. The third kappa shape index (κ3) is 4.77. The van der Waals surface area contributed by atoms with E-state index in [0.717, 1.165) is 43.1 Å². The molecule has 2 aromatic rings. The molecule has 2 saturated heterocycles. The van der Waals surface area contributed by atoms with Crippen LogP contribution in [0.15, 0.2) is 60.8 Å². The third-order valence-electron chi connectivity index (χ3n) is 7.96. The second-order valence-electron chi connectivity index (χ2n) is 10.5. The van der Waals surface area contributed by atoms with Crippen molar-refractivity contribution in [1.29, 1.82) is 0 Å². The molecule has 4 aliphatic rings. The molecular weight excluding hydrogens is 452 g/mol. The van der Waals surface area contributed by atoms with Crippen molar-refractivity contribution in [2.45, 2.75) is 69.4 Å². The van der Waals surface area contributed by atoms with Crippen molar-refractivity contribution in [3.63, 3.8) is 0 Å². The Bertz CT molecular complexity index is 1160. The molecular formula is C29H34N4O3. The minimum Gasteiger partial charge on any atom is -0.487 e. The van der Waals surface area contributed by atoms with Crippen molar-refractivity contribution < 1.29 is 14.3 Å². The molecule has 0 bridgehead atoms. The summed E-state index contributed by atoms with van der Waals surface area (Å²) in [6.07, 6.45) is 4.96. The van der Waals surface area contributed by atoms with Gasteiger partial charge >= 0.3 is 0 Å². The second kappa shape index (κ2) is 9.71. The van der Waals surface area contributed by atoms with E-state index in [2.05, 4.69) is 46.4 Å². The Morgan fingerprint density at radius 2 is 1.89 bits per heavy atom. The topological polar surface area (TPSA) is 73.9 Å². The van der Waals surface area contributed by atoms with E-state index < -0.39 is 6.04 Å². The lowest BCUT2D eigenvalue weighted by Crippen LogP contribution is -2.55. The van der Waals surface area contributed by atoms with Gasteiger partial charge in [-0.05, 0) is 61.4 Å². The SMILES string of the molecule is C=C1CCC(N2Cc3cc(OC4CN(C5CC5)CCC4NCc4ccccc4)ccc3C2=O)C(=O)N1. The van der Waals surface area contributed by atoms with Crippen molar-refractivity contribution in [2.75, 3.05) is 13.1 Å². The number of allylic oxidation sites excluding steroid dienone is 1. The molecule has 1 aliphatic carbocycles. The number of hydrogen-bond acceptors (Lipinski definition) is 5. The normalized spacial score (nSPS) is 26.6. The summed E-state index contributed by atoms with van der Waals surface area (Å²) in [5.41, 5.74) is 3.59. The van der Waals surface area contributed by atoms with E-state index in [4.69, 9.17) is 4.74 Å². The highest BCUT2D eigenvalue weighted by molar-refractivity contribution is 6.01. The monoisotopic (exact) mass is 486 g/mol. The molecule has 3 aliphatic heterocycles. The average Bonchev–Trinajstić information content (AvgIpc) is 3.68. The molecule has 7 heteroatoms. The maximum atomic E-state index is 13.1. The molecule has 6 rings (SSSR count). The van der Waals surface area contributed by atoms with Crippen molar-refractivity contribution in [3.8, 4) is 5.75 Å². The van der Waals surface area contributed by atoms with Gasteiger partial charge in [0.25, 0.3) is 5.91 Å². The predicted octanol–water partition coefficient (Wildman–Crippen LogP) is 3.21. The van der Waals surface area contributed by atoms with Gasteiger partial charge in [-0.25, -0.2) is 0 Å². The fraction of sp³-hybridized carbons (Fsp3) is 0.448. The van der Waals surface area contributed by atoms with Crippen LogP contribution in [0, 0.1) is 0 Å². The number of likely N-dealkylation sites (tertiary alicyclic amines) is 1. The number of rotatable bonds is 7. The summed E-state index contributed by atoms with van der Waals surface area (Å²) < 4.78 is 6.62. The van der Waals surface area contributed by atoms with Crippen molar-refractivity contribution >= 4 is 11.8 Å². The Labute approximate surface area is 212 Å². The van der Waals surface area contributed by atoms with Gasteiger partial charge in [-0.1, -0.05) is 36.9 Å². The zero-order chi connectivity index (χ0) is 24.6. The first-order chi connectivity index (χ1) is 17.5. The largest absolute Gasteiger partial charge is 0.487 e. The van der Waals surface area contributed by atoms with E-state index in [1.165, 1.54) is 18.4 Å². The smallest absolute Gasteiger partial charge is 0.255 e. The first-order valence-electron chi connectivity index (χ1n) is 13.2. The third-order valence-corrected chi connectivity index (χ3v) is 7.96. The predicted molar refractivity (Wildman–Crippen MR) is 137 cm³/mol. The molecule has 188 valence electrons. The van der Waals surface area contributed by atoms with Crippen LogP contribution < -0.4 is 15.4 Å². The van der Waals surface area contributed by atoms with Gasteiger partial charge in [0.15, 0.2) is 0 Å². The van der Waals surface area contributed by atoms with Crippen LogP contribution in [0.5, 0.6) is 5.75 Å². The van der Waals surface area contributed by atoms with E-state index in [1.807, 2.05) is 24.3 Å². The standard InChI is InChI=1S/C29H34N4O3/c1-19-7-12-26(28(34)31-19)33-17-21-15-23(10-11-24(21)29(33)35)36-27-18-32(22-8-9-22)14-13-25(27)30-16-20-5-3-2-4-6-20/h2-6,10-11,15,22,25-27,30H,1,7-9,12-14,16-18H2,(H,31,34). The van der Waals surface area contributed by atoms with Crippen molar-refractivity contribution in [1.82, 2.24) is 20.4 Å². The van der Waals surface area contributed by atoms with Crippen LogP contribution in [0.3, 0.4) is 0 Å². The number of piperidine rings is 2. The van der Waals surface area contributed by atoms with Crippen LogP contribution >= 0.6 is 0 Å². The molecule has 0 spiro atoms. The zero-order valence-electron chi connectivity index (χ0n) is 20.6. The molecule has 1 saturated carbocycles. The fourth-order valence-corrected chi connectivity index (χ4v) is 5.79. The maximum absolute atomic E-state index is 13.1. The number of carbonyl (C=O) groups excluding carboxylic acids is 2. The molecule has 7 nitrogen and oxygen atoms in total. The number of fused-ring (bicyclic) bond motifs is 1. The van der Waals surface area contributed by atoms with Gasteiger partial charge in [-0.2, -0.15) is 0 Å². The van der Waals surface area contributed by atoms with Crippen LogP contribution in [0.1, 0.15) is 53.6 Å². The highest BCUT2D eigenvalue weighted by Gasteiger charge is 2.40. The number of benzene rings is 2. The van der Waals surface area contributed by atoms with Gasteiger partial charge in [0.1, 0.15) is 17.9 Å². The summed E-state index contributed by atoms with van der Waals surface area (Å²) in [5, 5.41) is 6.54. The number of carbonyl (C=O) groups is 2. The van der Waals surface area contributed by atoms with Crippen LogP contribution in [0.4, 0.5) is 0 Å². The van der Waals surface area contributed by atoms with E-state index in [1.54, 1.807) is 4.90 Å². The van der Waals surface area contributed by atoms with Gasteiger partial charge in [0.2, 0.25) is 5.91 Å². The Morgan fingerprint density at radius 1 is 1.06 bits per heavy atom. The van der Waals surface area contributed by atoms with E-state index in [0.29, 0.717) is 31.0 Å². The number of nitrogens with one attached hydrogen (secondary N) is 2. The molecule has 3 unspecified atom stereocenters. The van der Waals surface area contributed by atoms with Crippen molar-refractivity contribution in [2.24, 2.45) is 0 Å². The van der Waals surface area contributed by atoms with Crippen LogP contribution in [-0.4, -0.2) is 58.9 Å².